The fourth-order valence-electron chi connectivity index (χ4n) is 6.48. The Hall–Kier alpha value is -3.99. The zero-order valence-corrected chi connectivity index (χ0v) is 27.1. The number of carboxylic acids is 1. The van der Waals surface area contributed by atoms with Crippen LogP contribution in [0.15, 0.2) is 42.7 Å². The van der Waals surface area contributed by atoms with E-state index in [9.17, 15) is 9.90 Å². The van der Waals surface area contributed by atoms with Gasteiger partial charge < -0.3 is 28.8 Å². The number of hydrogen-bond acceptors (Lipinski definition) is 8. The van der Waals surface area contributed by atoms with Crippen LogP contribution in [0.5, 0.6) is 5.75 Å². The van der Waals surface area contributed by atoms with Crippen LogP contribution in [0.2, 0.25) is 0 Å². The molecule has 238 valence electrons. The molecule has 10 heteroatoms. The molecule has 45 heavy (non-hydrogen) atoms. The van der Waals surface area contributed by atoms with E-state index >= 15 is 0 Å². The molecule has 0 aliphatic carbocycles. The van der Waals surface area contributed by atoms with Gasteiger partial charge in [-0.3, -0.25) is 4.90 Å². The molecule has 4 heterocycles. The summed E-state index contributed by atoms with van der Waals surface area (Å²) in [5.41, 5.74) is 6.84. The third-order valence-electron chi connectivity index (χ3n) is 8.58. The number of benzene rings is 2. The third kappa shape index (κ3) is 6.27. The number of morpholine rings is 1. The highest BCUT2D eigenvalue weighted by Crippen LogP contribution is 2.49. The highest BCUT2D eigenvalue weighted by molar-refractivity contribution is 6.08. The van der Waals surface area contributed by atoms with Crippen molar-refractivity contribution in [2.45, 2.75) is 59.8 Å². The van der Waals surface area contributed by atoms with Gasteiger partial charge in [-0.15, -0.1) is 0 Å². The molecule has 0 spiro atoms. The Morgan fingerprint density at radius 3 is 2.36 bits per heavy atom. The molecular formula is C35H43N5O5. The van der Waals surface area contributed by atoms with Crippen molar-refractivity contribution in [3.8, 4) is 16.9 Å². The normalized spacial score (nSPS) is 16.3. The first kappa shape index (κ1) is 31.0. The van der Waals surface area contributed by atoms with Crippen LogP contribution in [-0.4, -0.2) is 82.1 Å². The highest BCUT2D eigenvalue weighted by Gasteiger charge is 2.36. The fourth-order valence-corrected chi connectivity index (χ4v) is 6.48. The lowest BCUT2D eigenvalue weighted by Gasteiger charge is -2.35. The predicted molar refractivity (Wildman–Crippen MR) is 175 cm³/mol. The number of aliphatic carboxylic acids is 1. The maximum atomic E-state index is 13.0. The summed E-state index contributed by atoms with van der Waals surface area (Å²) in [5.74, 6) is 0.133. The van der Waals surface area contributed by atoms with Crippen LogP contribution in [-0.2, 0) is 20.8 Å². The second-order valence-corrected chi connectivity index (χ2v) is 12.9. The Morgan fingerprint density at radius 1 is 1.02 bits per heavy atom. The Labute approximate surface area is 264 Å². The standard InChI is InChI=1S/C35H43N5O5/c1-22-7-9-25(10-8-22)29-27-19-23(2)39-11-12-40(30(31(27)39)24(3)28(29)32(33(41)42)45-35(4,5)6)34-36-20-26(21-37-34)44-18-15-38-13-16-43-17-14-38/h7-10,19-21,32H,11-18H2,1-6H3,(H,41,42)/t32-/m0/s1. The van der Waals surface area contributed by atoms with Crippen molar-refractivity contribution in [3.05, 3.63) is 65.1 Å². The molecule has 1 fully saturated rings. The summed E-state index contributed by atoms with van der Waals surface area (Å²) in [6.07, 6.45) is 2.26. The number of nitrogens with zero attached hydrogens (tertiary/aromatic N) is 5. The predicted octanol–water partition coefficient (Wildman–Crippen LogP) is 5.83. The molecule has 0 bridgehead atoms. The van der Waals surface area contributed by atoms with Crippen molar-refractivity contribution in [1.29, 1.82) is 0 Å². The summed E-state index contributed by atoms with van der Waals surface area (Å²) in [5, 5.41) is 11.6. The van der Waals surface area contributed by atoms with Crippen molar-refractivity contribution in [1.82, 2.24) is 19.4 Å². The zero-order valence-electron chi connectivity index (χ0n) is 27.1. The molecule has 0 saturated carbocycles. The minimum Gasteiger partial charge on any atom is -0.489 e. The maximum Gasteiger partial charge on any atom is 0.337 e. The second kappa shape index (κ2) is 12.4. The summed E-state index contributed by atoms with van der Waals surface area (Å²) < 4.78 is 20.0. The molecule has 1 atom stereocenters. The molecule has 0 unspecified atom stereocenters. The molecule has 0 amide bonds. The molecule has 10 nitrogen and oxygen atoms in total. The Balaban J connectivity index is 1.45. The largest absolute Gasteiger partial charge is 0.489 e. The molecule has 2 aliphatic rings. The van der Waals surface area contributed by atoms with Crippen LogP contribution in [0.4, 0.5) is 11.6 Å². The number of aromatic nitrogens is 3. The average Bonchev–Trinajstić information content (AvgIpc) is 3.34. The lowest BCUT2D eigenvalue weighted by molar-refractivity contribution is -0.160. The van der Waals surface area contributed by atoms with Gasteiger partial charge in [0.15, 0.2) is 11.9 Å². The van der Waals surface area contributed by atoms with Crippen LogP contribution >= 0.6 is 0 Å². The van der Waals surface area contributed by atoms with Gasteiger partial charge in [0.2, 0.25) is 5.95 Å². The van der Waals surface area contributed by atoms with Crippen LogP contribution in [0, 0.1) is 20.8 Å². The molecule has 6 rings (SSSR count). The van der Waals surface area contributed by atoms with E-state index in [1.807, 2.05) is 27.7 Å². The first-order valence-corrected chi connectivity index (χ1v) is 15.7. The van der Waals surface area contributed by atoms with Gasteiger partial charge in [-0.2, -0.15) is 0 Å². The number of hydrogen-bond donors (Lipinski definition) is 1. The van der Waals surface area contributed by atoms with E-state index in [-0.39, 0.29) is 0 Å². The van der Waals surface area contributed by atoms with Crippen molar-refractivity contribution in [2.75, 3.05) is 50.9 Å². The Kier molecular flexibility index (Phi) is 8.56. The number of rotatable bonds is 9. The van der Waals surface area contributed by atoms with Gasteiger partial charge in [0.25, 0.3) is 0 Å². The second-order valence-electron chi connectivity index (χ2n) is 12.9. The summed E-state index contributed by atoms with van der Waals surface area (Å²) in [7, 11) is 0. The van der Waals surface area contributed by atoms with E-state index in [1.54, 1.807) is 12.4 Å². The summed E-state index contributed by atoms with van der Waals surface area (Å²) in [6, 6.07) is 10.4. The summed E-state index contributed by atoms with van der Waals surface area (Å²) in [6.45, 7) is 17.9. The number of ether oxygens (including phenoxy) is 3. The number of carbonyl (C=O) groups is 1. The molecular weight excluding hydrogens is 570 g/mol. The topological polar surface area (TPSA) is 102 Å². The van der Waals surface area contributed by atoms with Crippen molar-refractivity contribution in [2.24, 2.45) is 0 Å². The fraction of sp³-hybridized carbons (Fsp3) is 0.457. The summed E-state index contributed by atoms with van der Waals surface area (Å²) >= 11 is 0. The van der Waals surface area contributed by atoms with Gasteiger partial charge >= 0.3 is 5.97 Å². The van der Waals surface area contributed by atoms with Gasteiger partial charge in [0, 0.05) is 49.4 Å². The smallest absolute Gasteiger partial charge is 0.337 e. The highest BCUT2D eigenvalue weighted by atomic mass is 16.5. The minimum absolute atomic E-state index is 0.544. The van der Waals surface area contributed by atoms with Crippen LogP contribution in [0.3, 0.4) is 0 Å². The number of aryl methyl sites for hydroxylation is 2. The van der Waals surface area contributed by atoms with E-state index in [0.717, 1.165) is 83.9 Å². The quantitative estimate of drug-likeness (QED) is 0.250. The third-order valence-corrected chi connectivity index (χ3v) is 8.58. The first-order valence-electron chi connectivity index (χ1n) is 15.7. The van der Waals surface area contributed by atoms with E-state index in [0.29, 0.717) is 30.4 Å². The van der Waals surface area contributed by atoms with Gasteiger partial charge in [-0.1, -0.05) is 29.8 Å². The molecule has 2 aliphatic heterocycles. The van der Waals surface area contributed by atoms with Gasteiger partial charge in [-0.25, -0.2) is 14.8 Å². The van der Waals surface area contributed by atoms with Crippen LogP contribution in [0.1, 0.15) is 49.3 Å². The molecule has 2 aromatic carbocycles. The van der Waals surface area contributed by atoms with E-state index in [2.05, 4.69) is 58.5 Å². The summed E-state index contributed by atoms with van der Waals surface area (Å²) in [4.78, 5) is 26.9. The van der Waals surface area contributed by atoms with Crippen LogP contribution in [0.25, 0.3) is 22.0 Å². The van der Waals surface area contributed by atoms with Crippen LogP contribution < -0.4 is 9.64 Å². The van der Waals surface area contributed by atoms with E-state index in [1.165, 1.54) is 0 Å². The monoisotopic (exact) mass is 613 g/mol. The number of anilines is 2. The lowest BCUT2D eigenvalue weighted by atomic mass is 9.87. The maximum absolute atomic E-state index is 13.0. The lowest BCUT2D eigenvalue weighted by Crippen LogP contribution is -2.38. The molecule has 0 radical (unpaired) electrons. The first-order chi connectivity index (χ1) is 21.5. The molecule has 4 aromatic rings. The average molecular weight is 614 g/mol. The molecule has 2 aromatic heterocycles. The molecule has 1 N–H and O–H groups in total. The molecule has 1 saturated heterocycles. The Bertz CT molecular complexity index is 1690. The Morgan fingerprint density at radius 2 is 1.71 bits per heavy atom. The van der Waals surface area contributed by atoms with Crippen molar-refractivity contribution >= 4 is 28.5 Å². The van der Waals surface area contributed by atoms with E-state index in [4.69, 9.17) is 24.2 Å². The van der Waals surface area contributed by atoms with Gasteiger partial charge in [0.1, 0.15) is 6.61 Å². The van der Waals surface area contributed by atoms with Gasteiger partial charge in [0.05, 0.1) is 42.4 Å². The number of carboxylic acid groups (broad SMARTS) is 1. The van der Waals surface area contributed by atoms with Crippen molar-refractivity contribution in [3.63, 3.8) is 0 Å². The van der Waals surface area contributed by atoms with Gasteiger partial charge in [-0.05, 0) is 64.3 Å². The minimum atomic E-state index is -1.18. The zero-order chi connectivity index (χ0) is 31.9. The van der Waals surface area contributed by atoms with E-state index < -0.39 is 17.7 Å². The SMILES string of the molecule is Cc1ccc(-c2c([C@H](OC(C)(C)C)C(=O)O)c(C)c3c4c2cc(C)n4CCN3c2ncc(OCCN3CCOCC3)cn2)cc1. The van der Waals surface area contributed by atoms with Crippen molar-refractivity contribution < 1.29 is 24.1 Å².